The van der Waals surface area contributed by atoms with E-state index in [0.717, 1.165) is 11.5 Å². The highest BCUT2D eigenvalue weighted by Gasteiger charge is 2.52. The molecule has 1 aliphatic heterocycles. The number of hydrogen-bond acceptors (Lipinski definition) is 2. The van der Waals surface area contributed by atoms with Gasteiger partial charge in [0.15, 0.2) is 0 Å². The Morgan fingerprint density at radius 3 is 2.07 bits per heavy atom. The molecule has 0 aromatic carbocycles. The molecule has 2 nitrogen and oxygen atoms in total. The molecule has 1 saturated heterocycles. The van der Waals surface area contributed by atoms with Gasteiger partial charge in [0, 0.05) is 24.7 Å². The zero-order valence-electron chi connectivity index (χ0n) is 10.3. The predicted molar refractivity (Wildman–Crippen MR) is 60.5 cm³/mol. The Morgan fingerprint density at radius 2 is 1.71 bits per heavy atom. The maximum atomic E-state index is 2.55. The number of rotatable bonds is 1. The molecule has 0 aromatic heterocycles. The monoisotopic (exact) mass is 196 g/mol. The minimum absolute atomic E-state index is 0.335. The average Bonchev–Trinajstić information content (AvgIpc) is 1.90. The summed E-state index contributed by atoms with van der Waals surface area (Å²) in [6.07, 6.45) is 2.84. The Morgan fingerprint density at radius 1 is 1.21 bits per heavy atom. The van der Waals surface area contributed by atoms with Crippen molar-refractivity contribution in [3.63, 3.8) is 0 Å². The lowest BCUT2D eigenvalue weighted by Crippen LogP contribution is -2.66. The third-order valence-electron chi connectivity index (χ3n) is 4.15. The van der Waals surface area contributed by atoms with Crippen molar-refractivity contribution in [2.75, 3.05) is 27.2 Å². The standard InChI is InChI=1S/C12H24N2/c1-11(2,3)14(5)10-6-12(7-10)8-13(4)9-12/h10H,6-9H2,1-5H3. The molecule has 1 heterocycles. The summed E-state index contributed by atoms with van der Waals surface area (Å²) < 4.78 is 0. The first-order valence-corrected chi connectivity index (χ1v) is 5.74. The molecular formula is C12H24N2. The quantitative estimate of drug-likeness (QED) is 0.631. The van der Waals surface area contributed by atoms with E-state index in [1.165, 1.54) is 25.9 Å². The molecule has 2 rings (SSSR count). The van der Waals surface area contributed by atoms with Crippen LogP contribution in [0.2, 0.25) is 0 Å². The van der Waals surface area contributed by atoms with E-state index in [1.54, 1.807) is 0 Å². The van der Waals surface area contributed by atoms with Crippen molar-refractivity contribution in [3.05, 3.63) is 0 Å². The van der Waals surface area contributed by atoms with Gasteiger partial charge >= 0.3 is 0 Å². The van der Waals surface area contributed by atoms with Crippen LogP contribution in [0.1, 0.15) is 33.6 Å². The third kappa shape index (κ3) is 1.59. The lowest BCUT2D eigenvalue weighted by molar-refractivity contribution is -0.109. The SMILES string of the molecule is CN1CC2(CC(N(C)C(C)(C)C)C2)C1. The van der Waals surface area contributed by atoms with Crippen LogP contribution in [0.5, 0.6) is 0 Å². The van der Waals surface area contributed by atoms with E-state index >= 15 is 0 Å². The van der Waals surface area contributed by atoms with Crippen LogP contribution in [0.15, 0.2) is 0 Å². The molecule has 1 aliphatic carbocycles. The molecule has 82 valence electrons. The minimum atomic E-state index is 0.335. The van der Waals surface area contributed by atoms with Crippen LogP contribution < -0.4 is 0 Å². The fraction of sp³-hybridized carbons (Fsp3) is 1.00. The van der Waals surface area contributed by atoms with Gasteiger partial charge in [-0.15, -0.1) is 0 Å². The van der Waals surface area contributed by atoms with Crippen molar-refractivity contribution in [1.29, 1.82) is 0 Å². The predicted octanol–water partition coefficient (Wildman–Crippen LogP) is 1.81. The van der Waals surface area contributed by atoms with Crippen molar-refractivity contribution in [1.82, 2.24) is 9.80 Å². The van der Waals surface area contributed by atoms with E-state index in [-0.39, 0.29) is 0 Å². The highest BCUT2D eigenvalue weighted by Crippen LogP contribution is 2.50. The normalized spacial score (nSPS) is 27.9. The summed E-state index contributed by atoms with van der Waals surface area (Å²) in [7, 11) is 4.51. The summed E-state index contributed by atoms with van der Waals surface area (Å²) in [6, 6.07) is 0.837. The second kappa shape index (κ2) is 2.96. The number of nitrogens with zero attached hydrogens (tertiary/aromatic N) is 2. The van der Waals surface area contributed by atoms with Crippen molar-refractivity contribution in [3.8, 4) is 0 Å². The van der Waals surface area contributed by atoms with Gasteiger partial charge in [-0.05, 0) is 53.1 Å². The maximum Gasteiger partial charge on any atom is 0.0124 e. The zero-order valence-corrected chi connectivity index (χ0v) is 10.3. The van der Waals surface area contributed by atoms with Crippen LogP contribution in [-0.2, 0) is 0 Å². The van der Waals surface area contributed by atoms with Crippen LogP contribution in [0.25, 0.3) is 0 Å². The van der Waals surface area contributed by atoms with E-state index in [0.29, 0.717) is 5.54 Å². The average molecular weight is 196 g/mol. The molecular weight excluding hydrogens is 172 g/mol. The molecule has 2 heteroatoms. The van der Waals surface area contributed by atoms with Crippen LogP contribution in [0.4, 0.5) is 0 Å². The third-order valence-corrected chi connectivity index (χ3v) is 4.15. The first kappa shape index (κ1) is 10.4. The van der Waals surface area contributed by atoms with Crippen LogP contribution in [-0.4, -0.2) is 48.6 Å². The molecule has 0 amide bonds. The van der Waals surface area contributed by atoms with Crippen molar-refractivity contribution in [2.45, 2.75) is 45.2 Å². The van der Waals surface area contributed by atoms with Gasteiger partial charge in [0.25, 0.3) is 0 Å². The summed E-state index contributed by atoms with van der Waals surface area (Å²) in [5.41, 5.74) is 1.06. The van der Waals surface area contributed by atoms with E-state index in [1.807, 2.05) is 0 Å². The van der Waals surface area contributed by atoms with Crippen LogP contribution in [0.3, 0.4) is 0 Å². The highest BCUT2D eigenvalue weighted by atomic mass is 15.2. The molecule has 1 spiro atoms. The van der Waals surface area contributed by atoms with E-state index in [2.05, 4.69) is 44.7 Å². The fourth-order valence-electron chi connectivity index (χ4n) is 3.12. The molecule has 0 bridgehead atoms. The summed E-state index contributed by atoms with van der Waals surface area (Å²) >= 11 is 0. The van der Waals surface area contributed by atoms with Gasteiger partial charge in [-0.3, -0.25) is 4.90 Å². The topological polar surface area (TPSA) is 6.48 Å². The minimum Gasteiger partial charge on any atom is -0.305 e. The fourth-order valence-corrected chi connectivity index (χ4v) is 3.12. The van der Waals surface area contributed by atoms with Gasteiger partial charge in [0.1, 0.15) is 0 Å². The Hall–Kier alpha value is -0.0800. The lowest BCUT2D eigenvalue weighted by Gasteiger charge is -2.61. The smallest absolute Gasteiger partial charge is 0.0124 e. The summed E-state index contributed by atoms with van der Waals surface area (Å²) in [5, 5.41) is 0. The van der Waals surface area contributed by atoms with Crippen molar-refractivity contribution in [2.24, 2.45) is 5.41 Å². The first-order chi connectivity index (χ1) is 6.32. The summed E-state index contributed by atoms with van der Waals surface area (Å²) in [5.74, 6) is 0. The first-order valence-electron chi connectivity index (χ1n) is 5.74. The largest absolute Gasteiger partial charge is 0.305 e. The molecule has 0 N–H and O–H groups in total. The summed E-state index contributed by atoms with van der Waals surface area (Å²) in [6.45, 7) is 9.60. The van der Waals surface area contributed by atoms with Crippen molar-refractivity contribution >= 4 is 0 Å². The number of hydrogen-bond donors (Lipinski definition) is 0. The van der Waals surface area contributed by atoms with E-state index in [9.17, 15) is 0 Å². The molecule has 2 fully saturated rings. The van der Waals surface area contributed by atoms with Crippen LogP contribution in [0, 0.1) is 5.41 Å². The second-order valence-electron chi connectivity index (χ2n) is 6.52. The number of likely N-dealkylation sites (tertiary alicyclic amines) is 1. The van der Waals surface area contributed by atoms with Crippen molar-refractivity contribution < 1.29 is 0 Å². The van der Waals surface area contributed by atoms with Gasteiger partial charge < -0.3 is 4.90 Å². The second-order valence-corrected chi connectivity index (χ2v) is 6.52. The lowest BCUT2D eigenvalue weighted by atomic mass is 9.60. The molecule has 0 radical (unpaired) electrons. The van der Waals surface area contributed by atoms with Gasteiger partial charge in [-0.2, -0.15) is 0 Å². The molecule has 2 aliphatic rings. The Labute approximate surface area is 88.3 Å². The van der Waals surface area contributed by atoms with E-state index < -0.39 is 0 Å². The summed E-state index contributed by atoms with van der Waals surface area (Å²) in [4.78, 5) is 4.99. The van der Waals surface area contributed by atoms with Gasteiger partial charge in [0.2, 0.25) is 0 Å². The highest BCUT2D eigenvalue weighted by molar-refractivity contribution is 5.07. The molecule has 14 heavy (non-hydrogen) atoms. The van der Waals surface area contributed by atoms with Gasteiger partial charge in [-0.25, -0.2) is 0 Å². The molecule has 1 saturated carbocycles. The van der Waals surface area contributed by atoms with Crippen LogP contribution >= 0.6 is 0 Å². The van der Waals surface area contributed by atoms with Gasteiger partial charge in [0.05, 0.1) is 0 Å². The molecule has 0 atom stereocenters. The zero-order chi connectivity index (χ0) is 10.6. The Bertz CT molecular complexity index is 215. The maximum absolute atomic E-state index is 2.55. The molecule has 0 aromatic rings. The molecule has 0 unspecified atom stereocenters. The Balaban J connectivity index is 1.83. The Kier molecular flexibility index (Phi) is 2.20. The van der Waals surface area contributed by atoms with E-state index in [4.69, 9.17) is 0 Å². The van der Waals surface area contributed by atoms with Gasteiger partial charge in [-0.1, -0.05) is 0 Å².